The van der Waals surface area contributed by atoms with Crippen LogP contribution in [-0.2, 0) is 0 Å². The van der Waals surface area contributed by atoms with Gasteiger partial charge < -0.3 is 13.9 Å². The zero-order chi connectivity index (χ0) is 44.3. The van der Waals surface area contributed by atoms with Gasteiger partial charge in [0.05, 0.1) is 16.7 Å². The molecule has 11 aromatic carbocycles. The summed E-state index contributed by atoms with van der Waals surface area (Å²) in [5.74, 6) is 0. The Morgan fingerprint density at radius 2 is 0.761 bits per heavy atom. The Hall–Kier alpha value is -8.92. The van der Waals surface area contributed by atoms with Crippen molar-refractivity contribution in [2.45, 2.75) is 0 Å². The van der Waals surface area contributed by atoms with Crippen LogP contribution in [-0.4, -0.2) is 4.57 Å². The number of hydrogen-bond donors (Lipinski definition) is 0. The molecule has 0 unspecified atom stereocenters. The van der Waals surface area contributed by atoms with Crippen molar-refractivity contribution < 1.29 is 4.42 Å². The van der Waals surface area contributed by atoms with E-state index in [-0.39, 0.29) is 0 Å². The van der Waals surface area contributed by atoms with Crippen LogP contribution in [0.4, 0.5) is 17.1 Å². The molecule has 2 heterocycles. The summed E-state index contributed by atoms with van der Waals surface area (Å²) >= 11 is 0. The molecule has 0 saturated carbocycles. The lowest BCUT2D eigenvalue weighted by Crippen LogP contribution is -2.10. The molecule has 0 bridgehead atoms. The quantitative estimate of drug-likeness (QED) is 0.152. The molecule has 13 rings (SSSR count). The van der Waals surface area contributed by atoms with E-state index in [9.17, 15) is 0 Å². The Kier molecular flexibility index (Phi) is 9.17. The third-order valence-electron chi connectivity index (χ3n) is 13.4. The SMILES string of the molecule is c1ccc(-c2ccc(N(c3ccc(-c4ccc(-c5cccc(-n6c7ccccc7c7ccccc76)c5)cc4)cc3)c3ccc(-c4ccc5c(c4)oc4ccccc45)c4ccccc34)cc2)cc1. The molecule has 0 amide bonds. The summed E-state index contributed by atoms with van der Waals surface area (Å²) < 4.78 is 8.72. The van der Waals surface area contributed by atoms with Gasteiger partial charge in [0.25, 0.3) is 0 Å². The first-order valence-electron chi connectivity index (χ1n) is 22.9. The standard InChI is InChI=1S/C64H42N2O/c1-2-13-43(14-3-1)45-29-34-50(35-30-45)65(62-40-39-53(54-17-4-5-18-55(54)62)49-33-38-59-58-21-8-11-24-63(58)67-64(59)42-49)51-36-31-46(32-37-51)44-25-27-47(28-26-44)48-15-12-16-52(41-48)66-60-22-9-6-19-56(60)57-20-7-10-23-61(57)66/h1-42H. The first kappa shape index (κ1) is 38.5. The summed E-state index contributed by atoms with van der Waals surface area (Å²) in [6.07, 6.45) is 0. The van der Waals surface area contributed by atoms with E-state index in [1.165, 1.54) is 66.0 Å². The van der Waals surface area contributed by atoms with Crippen LogP contribution in [0.25, 0.3) is 105 Å². The third kappa shape index (κ3) is 6.67. The summed E-state index contributed by atoms with van der Waals surface area (Å²) in [4.78, 5) is 2.39. The van der Waals surface area contributed by atoms with E-state index in [0.29, 0.717) is 0 Å². The molecule has 0 aliphatic heterocycles. The largest absolute Gasteiger partial charge is 0.456 e. The van der Waals surface area contributed by atoms with Crippen molar-refractivity contribution >= 4 is 71.6 Å². The number of para-hydroxylation sites is 3. The zero-order valence-electron chi connectivity index (χ0n) is 36.6. The highest BCUT2D eigenvalue weighted by Crippen LogP contribution is 2.44. The van der Waals surface area contributed by atoms with Crippen LogP contribution in [0.2, 0.25) is 0 Å². The van der Waals surface area contributed by atoms with Crippen molar-refractivity contribution in [1.82, 2.24) is 4.57 Å². The van der Waals surface area contributed by atoms with E-state index in [1.807, 2.05) is 12.1 Å². The maximum atomic E-state index is 6.34. The van der Waals surface area contributed by atoms with Gasteiger partial charge in [0.15, 0.2) is 0 Å². The predicted octanol–water partition coefficient (Wildman–Crippen LogP) is 18.0. The molecule has 0 aliphatic rings. The molecular formula is C64H42N2O. The van der Waals surface area contributed by atoms with Crippen LogP contribution in [0.15, 0.2) is 259 Å². The zero-order valence-corrected chi connectivity index (χ0v) is 36.6. The summed E-state index contributed by atoms with van der Waals surface area (Å²) in [5, 5.41) is 7.15. The lowest BCUT2D eigenvalue weighted by Gasteiger charge is -2.28. The van der Waals surface area contributed by atoms with Crippen molar-refractivity contribution in [3.63, 3.8) is 0 Å². The van der Waals surface area contributed by atoms with Crippen molar-refractivity contribution in [3.05, 3.63) is 255 Å². The minimum absolute atomic E-state index is 0.895. The van der Waals surface area contributed by atoms with Crippen LogP contribution in [0.3, 0.4) is 0 Å². The second kappa shape index (κ2) is 16.0. The average molecular weight is 855 g/mol. The van der Waals surface area contributed by atoms with Crippen molar-refractivity contribution in [2.75, 3.05) is 4.90 Å². The molecule has 0 spiro atoms. The topological polar surface area (TPSA) is 21.3 Å². The van der Waals surface area contributed by atoms with Crippen molar-refractivity contribution in [1.29, 1.82) is 0 Å². The minimum atomic E-state index is 0.895. The van der Waals surface area contributed by atoms with Crippen LogP contribution in [0, 0.1) is 0 Å². The Labute approximate surface area is 388 Å². The van der Waals surface area contributed by atoms with E-state index < -0.39 is 0 Å². The van der Waals surface area contributed by atoms with Crippen LogP contribution < -0.4 is 4.90 Å². The minimum Gasteiger partial charge on any atom is -0.456 e. The normalized spacial score (nSPS) is 11.6. The molecule has 3 heteroatoms. The highest BCUT2D eigenvalue weighted by atomic mass is 16.3. The lowest BCUT2D eigenvalue weighted by atomic mass is 9.95. The number of nitrogens with zero attached hydrogens (tertiary/aromatic N) is 2. The fourth-order valence-electron chi connectivity index (χ4n) is 10.2. The molecule has 314 valence electrons. The number of aromatic nitrogens is 1. The van der Waals surface area contributed by atoms with Gasteiger partial charge in [-0.3, -0.25) is 0 Å². The van der Waals surface area contributed by atoms with Gasteiger partial charge in [0, 0.05) is 44.0 Å². The van der Waals surface area contributed by atoms with Gasteiger partial charge >= 0.3 is 0 Å². The molecule has 0 fully saturated rings. The second-order valence-corrected chi connectivity index (χ2v) is 17.3. The molecular weight excluding hydrogens is 813 g/mol. The van der Waals surface area contributed by atoms with Crippen LogP contribution in [0.1, 0.15) is 0 Å². The van der Waals surface area contributed by atoms with Gasteiger partial charge in [-0.25, -0.2) is 0 Å². The number of furan rings is 1. The van der Waals surface area contributed by atoms with Crippen molar-refractivity contribution in [3.8, 4) is 50.2 Å². The molecule has 0 saturated heterocycles. The number of hydrogen-bond acceptors (Lipinski definition) is 2. The molecule has 0 radical (unpaired) electrons. The van der Waals surface area contributed by atoms with Gasteiger partial charge in [0.1, 0.15) is 11.2 Å². The lowest BCUT2D eigenvalue weighted by molar-refractivity contribution is 0.669. The fourth-order valence-corrected chi connectivity index (χ4v) is 10.2. The average Bonchev–Trinajstić information content (AvgIpc) is 3.95. The van der Waals surface area contributed by atoms with Gasteiger partial charge in [-0.2, -0.15) is 0 Å². The maximum absolute atomic E-state index is 6.34. The monoisotopic (exact) mass is 854 g/mol. The summed E-state index contributed by atoms with van der Waals surface area (Å²) in [7, 11) is 0. The molecule has 0 aliphatic carbocycles. The Bertz CT molecular complexity index is 3900. The van der Waals surface area contributed by atoms with E-state index in [1.54, 1.807) is 0 Å². The summed E-state index contributed by atoms with van der Waals surface area (Å²) in [6, 6.07) is 91.9. The molecule has 0 atom stereocenters. The van der Waals surface area contributed by atoms with E-state index in [2.05, 4.69) is 252 Å². The highest BCUT2D eigenvalue weighted by Gasteiger charge is 2.19. The maximum Gasteiger partial charge on any atom is 0.136 e. The Morgan fingerprint density at radius 3 is 1.42 bits per heavy atom. The van der Waals surface area contributed by atoms with Gasteiger partial charge in [-0.15, -0.1) is 0 Å². The van der Waals surface area contributed by atoms with Gasteiger partial charge in [-0.1, -0.05) is 182 Å². The molecule has 2 aromatic heterocycles. The van der Waals surface area contributed by atoms with E-state index >= 15 is 0 Å². The molecule has 3 nitrogen and oxygen atoms in total. The van der Waals surface area contributed by atoms with Crippen molar-refractivity contribution in [2.24, 2.45) is 0 Å². The molecule has 0 N–H and O–H groups in total. The Balaban J connectivity index is 0.858. The van der Waals surface area contributed by atoms with Gasteiger partial charge in [0.2, 0.25) is 0 Å². The number of anilines is 3. The molecule has 13 aromatic rings. The van der Waals surface area contributed by atoms with Crippen LogP contribution in [0.5, 0.6) is 0 Å². The smallest absolute Gasteiger partial charge is 0.136 e. The van der Waals surface area contributed by atoms with E-state index in [4.69, 9.17) is 4.42 Å². The fraction of sp³-hybridized carbons (Fsp3) is 0. The number of rotatable bonds is 8. The predicted molar refractivity (Wildman–Crippen MR) is 282 cm³/mol. The summed E-state index contributed by atoms with van der Waals surface area (Å²) in [6.45, 7) is 0. The third-order valence-corrected chi connectivity index (χ3v) is 13.4. The first-order valence-corrected chi connectivity index (χ1v) is 22.9. The van der Waals surface area contributed by atoms with Crippen LogP contribution >= 0.6 is 0 Å². The van der Waals surface area contributed by atoms with E-state index in [0.717, 1.165) is 55.8 Å². The Morgan fingerprint density at radius 1 is 0.284 bits per heavy atom. The highest BCUT2D eigenvalue weighted by molar-refractivity contribution is 6.11. The number of fused-ring (bicyclic) bond motifs is 7. The first-order chi connectivity index (χ1) is 33.2. The number of benzene rings is 11. The second-order valence-electron chi connectivity index (χ2n) is 17.3. The summed E-state index contributed by atoms with van der Waals surface area (Å²) in [5.41, 5.74) is 18.0. The molecule has 67 heavy (non-hydrogen) atoms. The van der Waals surface area contributed by atoms with Gasteiger partial charge in [-0.05, 0) is 123 Å².